The lowest BCUT2D eigenvalue weighted by molar-refractivity contribution is 0.256. The zero-order valence-corrected chi connectivity index (χ0v) is 11.1. The quantitative estimate of drug-likeness (QED) is 0.834. The summed E-state index contributed by atoms with van der Waals surface area (Å²) in [7, 11) is 0. The molecule has 4 nitrogen and oxygen atoms in total. The monoisotopic (exact) mass is 287 g/mol. The highest BCUT2D eigenvalue weighted by Gasteiger charge is 2.17. The van der Waals surface area contributed by atoms with Crippen LogP contribution in [0.1, 0.15) is 6.92 Å². The molecule has 96 valence electrons. The second kappa shape index (κ2) is 5.58. The Morgan fingerprint density at radius 3 is 2.94 bits per heavy atom. The number of nitrogens with zero attached hydrogens (tertiary/aromatic N) is 1. The SMILES string of the molecule is C[C@H]1CN=C(NC(=O)Nc2ccc(F)c(Cl)c2)S1. The van der Waals surface area contributed by atoms with E-state index in [-0.39, 0.29) is 5.02 Å². The van der Waals surface area contributed by atoms with E-state index in [0.29, 0.717) is 22.6 Å². The number of benzene rings is 1. The molecular formula is C11H11ClFN3OS. The predicted octanol–water partition coefficient (Wildman–Crippen LogP) is 3.09. The molecule has 0 radical (unpaired) electrons. The summed E-state index contributed by atoms with van der Waals surface area (Å²) in [6, 6.07) is 3.57. The van der Waals surface area contributed by atoms with Crippen molar-refractivity contribution < 1.29 is 9.18 Å². The normalized spacial score (nSPS) is 18.4. The third kappa shape index (κ3) is 3.36. The molecule has 2 rings (SSSR count). The standard InChI is InChI=1S/C11H11ClFN3OS/c1-6-5-14-11(18-6)16-10(17)15-7-2-3-9(13)8(12)4-7/h2-4,6H,5H2,1H3,(H2,14,15,16,17)/t6-/m0/s1. The molecule has 0 saturated heterocycles. The minimum atomic E-state index is -0.521. The molecule has 7 heteroatoms. The molecule has 0 fully saturated rings. The smallest absolute Gasteiger partial charge is 0.308 e. The van der Waals surface area contributed by atoms with Gasteiger partial charge >= 0.3 is 6.03 Å². The summed E-state index contributed by atoms with van der Waals surface area (Å²) in [5.74, 6) is -0.521. The van der Waals surface area contributed by atoms with Crippen molar-refractivity contribution >= 4 is 40.2 Å². The maximum atomic E-state index is 12.9. The van der Waals surface area contributed by atoms with E-state index in [9.17, 15) is 9.18 Å². The number of urea groups is 1. The third-order valence-corrected chi connectivity index (χ3v) is 3.50. The first-order valence-electron chi connectivity index (χ1n) is 5.29. The Morgan fingerprint density at radius 2 is 2.33 bits per heavy atom. The summed E-state index contributed by atoms with van der Waals surface area (Å²) in [6.07, 6.45) is 0. The van der Waals surface area contributed by atoms with Crippen LogP contribution in [0.3, 0.4) is 0 Å². The first-order valence-corrected chi connectivity index (χ1v) is 6.54. The zero-order valence-electron chi connectivity index (χ0n) is 9.54. The lowest BCUT2D eigenvalue weighted by Gasteiger charge is -2.07. The molecule has 1 heterocycles. The number of hydrogen-bond donors (Lipinski definition) is 2. The van der Waals surface area contributed by atoms with Gasteiger partial charge in [0.1, 0.15) is 5.82 Å². The zero-order chi connectivity index (χ0) is 13.1. The van der Waals surface area contributed by atoms with Crippen LogP contribution in [0.2, 0.25) is 5.02 Å². The summed E-state index contributed by atoms with van der Waals surface area (Å²) >= 11 is 7.11. The van der Waals surface area contributed by atoms with Gasteiger partial charge in [-0.25, -0.2) is 9.18 Å². The lowest BCUT2D eigenvalue weighted by Crippen LogP contribution is -2.32. The van der Waals surface area contributed by atoms with E-state index < -0.39 is 11.8 Å². The molecule has 1 aliphatic rings. The number of amidine groups is 1. The summed E-state index contributed by atoms with van der Waals surface area (Å²) in [4.78, 5) is 15.8. The van der Waals surface area contributed by atoms with Gasteiger partial charge in [-0.1, -0.05) is 30.3 Å². The number of aliphatic imine (C=N–C) groups is 1. The van der Waals surface area contributed by atoms with Crippen LogP contribution < -0.4 is 10.6 Å². The second-order valence-corrected chi connectivity index (χ2v) is 5.62. The average molecular weight is 288 g/mol. The number of anilines is 1. The van der Waals surface area contributed by atoms with E-state index in [4.69, 9.17) is 11.6 Å². The predicted molar refractivity (Wildman–Crippen MR) is 72.9 cm³/mol. The molecule has 18 heavy (non-hydrogen) atoms. The first-order chi connectivity index (χ1) is 8.54. The van der Waals surface area contributed by atoms with Crippen LogP contribution in [-0.4, -0.2) is 23.0 Å². The molecule has 0 saturated carbocycles. The molecule has 1 aliphatic heterocycles. The van der Waals surface area contributed by atoms with Crippen molar-refractivity contribution in [2.24, 2.45) is 4.99 Å². The van der Waals surface area contributed by atoms with Crippen LogP contribution >= 0.6 is 23.4 Å². The molecule has 2 N–H and O–H groups in total. The minimum Gasteiger partial charge on any atom is -0.308 e. The third-order valence-electron chi connectivity index (χ3n) is 2.20. The van der Waals surface area contributed by atoms with Crippen molar-refractivity contribution in [3.63, 3.8) is 0 Å². The Kier molecular flexibility index (Phi) is 4.08. The van der Waals surface area contributed by atoms with Gasteiger partial charge in [0.15, 0.2) is 5.17 Å². The largest absolute Gasteiger partial charge is 0.325 e. The fourth-order valence-corrected chi connectivity index (χ4v) is 2.39. The topological polar surface area (TPSA) is 53.5 Å². The molecule has 0 aliphatic carbocycles. The van der Waals surface area contributed by atoms with Gasteiger partial charge in [-0.3, -0.25) is 10.3 Å². The maximum absolute atomic E-state index is 12.9. The van der Waals surface area contributed by atoms with Crippen LogP contribution in [0.15, 0.2) is 23.2 Å². The van der Waals surface area contributed by atoms with Gasteiger partial charge in [0, 0.05) is 10.9 Å². The molecule has 1 aromatic carbocycles. The molecule has 1 aromatic rings. The molecular weight excluding hydrogens is 277 g/mol. The fourth-order valence-electron chi connectivity index (χ4n) is 1.38. The number of rotatable bonds is 1. The number of thioether (sulfide) groups is 1. The summed E-state index contributed by atoms with van der Waals surface area (Å²) in [6.45, 7) is 2.73. The van der Waals surface area contributed by atoms with Crippen LogP contribution in [-0.2, 0) is 0 Å². The van der Waals surface area contributed by atoms with E-state index in [1.807, 2.05) is 6.92 Å². The lowest BCUT2D eigenvalue weighted by atomic mass is 10.3. The number of hydrogen-bond acceptors (Lipinski definition) is 3. The summed E-state index contributed by atoms with van der Waals surface area (Å²) in [5, 5.41) is 6.11. The fraction of sp³-hybridized carbons (Fsp3) is 0.273. The van der Waals surface area contributed by atoms with Crippen LogP contribution in [0.4, 0.5) is 14.9 Å². The first kappa shape index (κ1) is 13.2. The van der Waals surface area contributed by atoms with Gasteiger partial charge in [-0.05, 0) is 18.2 Å². The van der Waals surface area contributed by atoms with Crippen molar-refractivity contribution in [2.45, 2.75) is 12.2 Å². The van der Waals surface area contributed by atoms with E-state index in [0.717, 1.165) is 0 Å². The van der Waals surface area contributed by atoms with Crippen molar-refractivity contribution in [2.75, 3.05) is 11.9 Å². The van der Waals surface area contributed by atoms with Crippen LogP contribution in [0, 0.1) is 5.82 Å². The van der Waals surface area contributed by atoms with Gasteiger partial charge in [0.05, 0.1) is 11.6 Å². The Balaban J connectivity index is 1.93. The second-order valence-electron chi connectivity index (χ2n) is 3.78. The highest BCUT2D eigenvalue weighted by molar-refractivity contribution is 8.14. The van der Waals surface area contributed by atoms with Gasteiger partial charge in [-0.2, -0.15) is 0 Å². The maximum Gasteiger partial charge on any atom is 0.325 e. The van der Waals surface area contributed by atoms with Crippen LogP contribution in [0.5, 0.6) is 0 Å². The number of carbonyl (C=O) groups is 1. The van der Waals surface area contributed by atoms with E-state index in [1.54, 1.807) is 0 Å². The average Bonchev–Trinajstić information content (AvgIpc) is 2.69. The Hall–Kier alpha value is -1.27. The van der Waals surface area contributed by atoms with Crippen molar-refractivity contribution in [1.82, 2.24) is 5.32 Å². The molecule has 0 bridgehead atoms. The Morgan fingerprint density at radius 1 is 1.56 bits per heavy atom. The van der Waals surface area contributed by atoms with Gasteiger partial charge in [0.25, 0.3) is 0 Å². The molecule has 2 amide bonds. The molecule has 0 spiro atoms. The van der Waals surface area contributed by atoms with E-state index >= 15 is 0 Å². The van der Waals surface area contributed by atoms with Crippen molar-refractivity contribution in [1.29, 1.82) is 0 Å². The minimum absolute atomic E-state index is 0.0333. The molecule has 1 atom stereocenters. The van der Waals surface area contributed by atoms with E-state index in [2.05, 4.69) is 15.6 Å². The highest BCUT2D eigenvalue weighted by atomic mass is 35.5. The molecule has 0 aromatic heterocycles. The number of amides is 2. The van der Waals surface area contributed by atoms with Gasteiger partial charge in [-0.15, -0.1) is 0 Å². The highest BCUT2D eigenvalue weighted by Crippen LogP contribution is 2.20. The molecule has 0 unspecified atom stereocenters. The summed E-state index contributed by atoms with van der Waals surface area (Å²) in [5.41, 5.74) is 0.426. The van der Waals surface area contributed by atoms with Crippen molar-refractivity contribution in [3.8, 4) is 0 Å². The Labute approximate surface area is 113 Å². The summed E-state index contributed by atoms with van der Waals surface area (Å²) < 4.78 is 12.9. The van der Waals surface area contributed by atoms with Gasteiger partial charge in [0.2, 0.25) is 0 Å². The van der Waals surface area contributed by atoms with Gasteiger partial charge < -0.3 is 5.32 Å². The number of nitrogens with one attached hydrogen (secondary N) is 2. The van der Waals surface area contributed by atoms with Crippen molar-refractivity contribution in [3.05, 3.63) is 29.0 Å². The Bertz CT molecular complexity index is 509. The number of halogens is 2. The number of carbonyl (C=O) groups excluding carboxylic acids is 1. The van der Waals surface area contributed by atoms with E-state index in [1.165, 1.54) is 30.0 Å². The van der Waals surface area contributed by atoms with Crippen LogP contribution in [0.25, 0.3) is 0 Å².